The number of pyridine rings is 1. The van der Waals surface area contributed by atoms with E-state index in [1.54, 1.807) is 48.5 Å². The highest BCUT2D eigenvalue weighted by Gasteiger charge is 2.19. The lowest BCUT2D eigenvalue weighted by Gasteiger charge is -2.14. The number of aromatic nitrogens is 1. The number of aromatic hydroxyl groups is 1. The Morgan fingerprint density at radius 1 is 0.941 bits per heavy atom. The minimum absolute atomic E-state index is 0.248. The molecule has 0 atom stereocenters. The third-order valence-electron chi connectivity index (χ3n) is 5.30. The standard InChI is InChI=1S/C25H15Cl2N3O3S/c26-18-10-4-5-11-19(18)30-24(32)15-8-2-1-7-14(15)17(25(30)33)13-28-29-23(31)22-21(27)16-9-3-6-12-20(16)34-22/h1-13,33H,(H,29,31)/b28-13+. The Hall–Kier alpha value is -3.65. The number of carbonyl (C=O) groups is 1. The molecule has 9 heteroatoms. The minimum Gasteiger partial charge on any atom is -0.494 e. The molecule has 0 saturated carbocycles. The Bertz CT molecular complexity index is 1670. The summed E-state index contributed by atoms with van der Waals surface area (Å²) in [5.74, 6) is -0.833. The van der Waals surface area contributed by atoms with E-state index >= 15 is 0 Å². The fourth-order valence-electron chi connectivity index (χ4n) is 3.71. The zero-order valence-corrected chi connectivity index (χ0v) is 19.7. The van der Waals surface area contributed by atoms with Gasteiger partial charge in [0, 0.05) is 20.9 Å². The molecule has 0 spiro atoms. The molecule has 6 nitrogen and oxygen atoms in total. The van der Waals surface area contributed by atoms with Gasteiger partial charge in [0.25, 0.3) is 11.5 Å². The summed E-state index contributed by atoms with van der Waals surface area (Å²) >= 11 is 13.9. The van der Waals surface area contributed by atoms with Gasteiger partial charge < -0.3 is 5.11 Å². The molecule has 0 aliphatic heterocycles. The summed E-state index contributed by atoms with van der Waals surface area (Å²) in [5.41, 5.74) is 2.60. The fraction of sp³-hybridized carbons (Fsp3) is 0. The van der Waals surface area contributed by atoms with E-state index in [-0.39, 0.29) is 11.4 Å². The molecule has 2 heterocycles. The number of para-hydroxylation sites is 1. The third kappa shape index (κ3) is 3.74. The number of thiophene rings is 1. The van der Waals surface area contributed by atoms with Crippen molar-refractivity contribution in [2.75, 3.05) is 0 Å². The number of benzene rings is 3. The van der Waals surface area contributed by atoms with E-state index in [9.17, 15) is 14.7 Å². The number of hydrogen-bond donors (Lipinski definition) is 2. The van der Waals surface area contributed by atoms with Crippen LogP contribution in [0.15, 0.2) is 82.7 Å². The van der Waals surface area contributed by atoms with Crippen LogP contribution in [-0.2, 0) is 0 Å². The average Bonchev–Trinajstić information content (AvgIpc) is 3.19. The summed E-state index contributed by atoms with van der Waals surface area (Å²) in [6, 6.07) is 21.0. The van der Waals surface area contributed by atoms with Gasteiger partial charge in [0.1, 0.15) is 4.88 Å². The van der Waals surface area contributed by atoms with E-state index in [1.165, 1.54) is 17.6 Å². The first-order chi connectivity index (χ1) is 16.5. The number of halogens is 2. The molecule has 0 radical (unpaired) electrons. The third-order valence-corrected chi connectivity index (χ3v) is 7.29. The molecule has 2 N–H and O–H groups in total. The number of nitrogens with zero attached hydrogens (tertiary/aromatic N) is 2. The number of rotatable bonds is 4. The highest BCUT2D eigenvalue weighted by atomic mass is 35.5. The molecule has 0 aliphatic rings. The predicted molar refractivity (Wildman–Crippen MR) is 138 cm³/mol. The van der Waals surface area contributed by atoms with Crippen molar-refractivity contribution in [3.05, 3.63) is 104 Å². The van der Waals surface area contributed by atoms with Crippen LogP contribution in [0.2, 0.25) is 10.0 Å². The van der Waals surface area contributed by atoms with Gasteiger partial charge in [-0.25, -0.2) is 9.99 Å². The molecule has 1 amide bonds. The highest BCUT2D eigenvalue weighted by molar-refractivity contribution is 7.21. The predicted octanol–water partition coefficient (Wildman–Crippen LogP) is 5.98. The SMILES string of the molecule is O=C(N/N=C/c1c(O)n(-c2ccccc2Cl)c(=O)c2ccccc12)c1sc2ccccc2c1Cl. The van der Waals surface area contributed by atoms with Crippen LogP contribution in [0.25, 0.3) is 26.5 Å². The molecule has 0 fully saturated rings. The van der Waals surface area contributed by atoms with E-state index in [2.05, 4.69) is 10.5 Å². The van der Waals surface area contributed by atoms with Gasteiger partial charge in [0.05, 0.1) is 27.5 Å². The van der Waals surface area contributed by atoms with Gasteiger partial charge in [0.2, 0.25) is 5.88 Å². The van der Waals surface area contributed by atoms with Crippen LogP contribution in [0.1, 0.15) is 15.2 Å². The zero-order chi connectivity index (χ0) is 23.8. The first kappa shape index (κ1) is 22.2. The molecule has 5 aromatic rings. The quantitative estimate of drug-likeness (QED) is 0.231. The molecule has 3 aromatic carbocycles. The minimum atomic E-state index is -0.481. The van der Waals surface area contributed by atoms with E-state index in [4.69, 9.17) is 23.2 Å². The highest BCUT2D eigenvalue weighted by Crippen LogP contribution is 2.35. The molecule has 0 unspecified atom stereocenters. The van der Waals surface area contributed by atoms with Crippen LogP contribution in [-0.4, -0.2) is 21.8 Å². The van der Waals surface area contributed by atoms with Gasteiger partial charge in [-0.15, -0.1) is 11.3 Å². The van der Waals surface area contributed by atoms with Gasteiger partial charge >= 0.3 is 0 Å². The van der Waals surface area contributed by atoms with Crippen molar-refractivity contribution < 1.29 is 9.90 Å². The van der Waals surface area contributed by atoms with Gasteiger partial charge in [0.15, 0.2) is 0 Å². The topological polar surface area (TPSA) is 83.7 Å². The van der Waals surface area contributed by atoms with Crippen LogP contribution in [0.5, 0.6) is 5.88 Å². The average molecular weight is 508 g/mol. The zero-order valence-electron chi connectivity index (χ0n) is 17.3. The number of fused-ring (bicyclic) bond motifs is 2. The first-order valence-electron chi connectivity index (χ1n) is 10.1. The van der Waals surface area contributed by atoms with Gasteiger partial charge in [-0.1, -0.05) is 71.7 Å². The van der Waals surface area contributed by atoms with Gasteiger partial charge in [-0.3, -0.25) is 9.59 Å². The lowest BCUT2D eigenvalue weighted by molar-refractivity contribution is 0.0959. The van der Waals surface area contributed by atoms with Crippen molar-refractivity contribution >= 4 is 67.5 Å². The fourth-order valence-corrected chi connectivity index (χ4v) is 5.34. The van der Waals surface area contributed by atoms with Crippen molar-refractivity contribution in [1.29, 1.82) is 0 Å². The second kappa shape index (κ2) is 8.95. The Morgan fingerprint density at radius 2 is 1.59 bits per heavy atom. The Morgan fingerprint density at radius 3 is 2.32 bits per heavy atom. The second-order valence-electron chi connectivity index (χ2n) is 7.32. The number of hydrogen-bond acceptors (Lipinski definition) is 5. The van der Waals surface area contributed by atoms with Crippen LogP contribution in [0.3, 0.4) is 0 Å². The maximum absolute atomic E-state index is 13.2. The summed E-state index contributed by atoms with van der Waals surface area (Å²) in [7, 11) is 0. The number of hydrazone groups is 1. The lowest BCUT2D eigenvalue weighted by atomic mass is 10.1. The normalized spacial score (nSPS) is 11.5. The van der Waals surface area contributed by atoms with Crippen molar-refractivity contribution in [2.24, 2.45) is 5.10 Å². The van der Waals surface area contributed by atoms with Gasteiger partial charge in [-0.05, 0) is 24.3 Å². The van der Waals surface area contributed by atoms with Crippen LogP contribution >= 0.6 is 34.5 Å². The van der Waals surface area contributed by atoms with Crippen molar-refractivity contribution in [1.82, 2.24) is 9.99 Å². The molecule has 0 bridgehead atoms. The van der Waals surface area contributed by atoms with Crippen LogP contribution in [0.4, 0.5) is 0 Å². The number of nitrogens with one attached hydrogen (secondary N) is 1. The Balaban J connectivity index is 1.57. The van der Waals surface area contributed by atoms with E-state index in [0.29, 0.717) is 31.4 Å². The summed E-state index contributed by atoms with van der Waals surface area (Å²) in [5, 5.41) is 17.4. The van der Waals surface area contributed by atoms with Crippen LogP contribution < -0.4 is 11.0 Å². The number of amides is 1. The van der Waals surface area contributed by atoms with E-state index < -0.39 is 11.5 Å². The monoisotopic (exact) mass is 507 g/mol. The number of carbonyl (C=O) groups excluding carboxylic acids is 1. The summed E-state index contributed by atoms with van der Waals surface area (Å²) in [6.45, 7) is 0. The molecular weight excluding hydrogens is 493 g/mol. The van der Waals surface area contributed by atoms with Crippen molar-refractivity contribution in [3.63, 3.8) is 0 Å². The second-order valence-corrected chi connectivity index (χ2v) is 9.15. The Kier molecular flexibility index (Phi) is 5.83. The first-order valence-corrected chi connectivity index (χ1v) is 11.7. The molecule has 2 aromatic heterocycles. The maximum Gasteiger partial charge on any atom is 0.283 e. The maximum atomic E-state index is 13.2. The largest absolute Gasteiger partial charge is 0.494 e. The summed E-state index contributed by atoms with van der Waals surface area (Å²) in [6.07, 6.45) is 1.30. The molecule has 5 rings (SSSR count). The smallest absolute Gasteiger partial charge is 0.283 e. The van der Waals surface area contributed by atoms with Crippen LogP contribution in [0, 0.1) is 0 Å². The molecule has 168 valence electrons. The van der Waals surface area contributed by atoms with Gasteiger partial charge in [-0.2, -0.15) is 5.10 Å². The van der Waals surface area contributed by atoms with E-state index in [1.807, 2.05) is 24.3 Å². The molecule has 0 aliphatic carbocycles. The molecule has 0 saturated heterocycles. The summed E-state index contributed by atoms with van der Waals surface area (Å²) < 4.78 is 2.01. The van der Waals surface area contributed by atoms with Crippen molar-refractivity contribution in [3.8, 4) is 11.6 Å². The molecule has 34 heavy (non-hydrogen) atoms. The van der Waals surface area contributed by atoms with Crippen molar-refractivity contribution in [2.45, 2.75) is 0 Å². The Labute approximate surface area is 207 Å². The molecular formula is C25H15Cl2N3O3S. The lowest BCUT2D eigenvalue weighted by Crippen LogP contribution is -2.21. The van der Waals surface area contributed by atoms with E-state index in [0.717, 1.165) is 14.7 Å². The summed E-state index contributed by atoms with van der Waals surface area (Å²) in [4.78, 5) is 26.2.